The summed E-state index contributed by atoms with van der Waals surface area (Å²) in [6.45, 7) is 7.61. The van der Waals surface area contributed by atoms with Gasteiger partial charge in [-0.05, 0) is 38.1 Å². The van der Waals surface area contributed by atoms with Gasteiger partial charge in [0.1, 0.15) is 0 Å². The average molecular weight is 228 g/mol. The molecule has 3 nitrogen and oxygen atoms in total. The number of hydrogen-bond acceptors (Lipinski definition) is 1. The molecular formula is C14H16N2O. The van der Waals surface area contributed by atoms with Crippen molar-refractivity contribution in [3.63, 3.8) is 0 Å². The van der Waals surface area contributed by atoms with Crippen LogP contribution in [0.15, 0.2) is 48.8 Å². The van der Waals surface area contributed by atoms with E-state index in [0.29, 0.717) is 0 Å². The third-order valence-corrected chi connectivity index (χ3v) is 2.94. The SMILES string of the molecule is C=CC1=C(/C=C\C)n2cccc2C(C)C(=O)N1. The van der Waals surface area contributed by atoms with Crippen LogP contribution in [0.4, 0.5) is 0 Å². The highest BCUT2D eigenvalue weighted by atomic mass is 16.1. The number of allylic oxidation sites excluding steroid dienone is 4. The zero-order chi connectivity index (χ0) is 12.4. The Hall–Kier alpha value is -2.03. The second-order valence-electron chi connectivity index (χ2n) is 4.02. The fourth-order valence-electron chi connectivity index (χ4n) is 2.02. The van der Waals surface area contributed by atoms with Gasteiger partial charge in [0.2, 0.25) is 5.91 Å². The predicted octanol–water partition coefficient (Wildman–Crippen LogP) is 2.65. The highest BCUT2D eigenvalue weighted by molar-refractivity contribution is 5.88. The third-order valence-electron chi connectivity index (χ3n) is 2.94. The maximum absolute atomic E-state index is 12.0. The normalized spacial score (nSPS) is 20.1. The maximum Gasteiger partial charge on any atom is 0.233 e. The van der Waals surface area contributed by atoms with E-state index >= 15 is 0 Å². The Kier molecular flexibility index (Phi) is 3.00. The molecule has 0 saturated carbocycles. The molecular weight excluding hydrogens is 212 g/mol. The summed E-state index contributed by atoms with van der Waals surface area (Å²) in [5, 5.41) is 2.90. The molecule has 1 aliphatic heterocycles. The number of fused-ring (bicyclic) bond motifs is 1. The quantitative estimate of drug-likeness (QED) is 0.829. The maximum atomic E-state index is 12.0. The van der Waals surface area contributed by atoms with Crippen LogP contribution in [0.2, 0.25) is 0 Å². The van der Waals surface area contributed by atoms with Crippen molar-refractivity contribution < 1.29 is 4.79 Å². The van der Waals surface area contributed by atoms with Gasteiger partial charge in [-0.15, -0.1) is 0 Å². The van der Waals surface area contributed by atoms with Crippen molar-refractivity contribution in [3.8, 4) is 0 Å². The average Bonchev–Trinajstić information content (AvgIpc) is 2.77. The van der Waals surface area contributed by atoms with Gasteiger partial charge in [0.05, 0.1) is 17.3 Å². The molecule has 3 heteroatoms. The van der Waals surface area contributed by atoms with Crippen molar-refractivity contribution in [2.75, 3.05) is 0 Å². The largest absolute Gasteiger partial charge is 0.324 e. The minimum atomic E-state index is -0.164. The molecule has 1 amide bonds. The van der Waals surface area contributed by atoms with Crippen LogP contribution in [0.1, 0.15) is 25.5 Å². The molecule has 2 heterocycles. The van der Waals surface area contributed by atoms with Crippen molar-refractivity contribution in [1.82, 2.24) is 9.88 Å². The fourth-order valence-corrected chi connectivity index (χ4v) is 2.02. The molecule has 0 fully saturated rings. The van der Waals surface area contributed by atoms with Gasteiger partial charge < -0.3 is 9.88 Å². The molecule has 0 saturated heterocycles. The van der Waals surface area contributed by atoms with Crippen molar-refractivity contribution in [1.29, 1.82) is 0 Å². The second kappa shape index (κ2) is 4.45. The molecule has 1 aromatic heterocycles. The van der Waals surface area contributed by atoms with Crippen LogP contribution >= 0.6 is 0 Å². The van der Waals surface area contributed by atoms with Gasteiger partial charge in [0, 0.05) is 11.9 Å². The van der Waals surface area contributed by atoms with Crippen molar-refractivity contribution in [3.05, 3.63) is 54.5 Å². The Balaban J connectivity index is 2.68. The molecule has 0 radical (unpaired) electrons. The third kappa shape index (κ3) is 1.84. The Labute approximate surface area is 101 Å². The summed E-state index contributed by atoms with van der Waals surface area (Å²) in [5.74, 6) is -0.165. The first-order chi connectivity index (χ1) is 8.19. The first-order valence-electron chi connectivity index (χ1n) is 5.67. The van der Waals surface area contributed by atoms with E-state index in [-0.39, 0.29) is 11.8 Å². The van der Waals surface area contributed by atoms with Gasteiger partial charge in [0.15, 0.2) is 0 Å². The molecule has 1 aliphatic rings. The summed E-state index contributed by atoms with van der Waals surface area (Å²) in [5.41, 5.74) is 2.68. The first kappa shape index (κ1) is 11.5. The Morgan fingerprint density at radius 1 is 1.53 bits per heavy atom. The van der Waals surface area contributed by atoms with Crippen LogP contribution in [0.25, 0.3) is 5.70 Å². The topological polar surface area (TPSA) is 34.0 Å². The summed E-state index contributed by atoms with van der Waals surface area (Å²) in [6.07, 6.45) is 7.56. The van der Waals surface area contributed by atoms with Crippen LogP contribution in [0.5, 0.6) is 0 Å². The number of nitrogens with zero attached hydrogens (tertiary/aromatic N) is 1. The lowest BCUT2D eigenvalue weighted by Gasteiger charge is -2.10. The molecule has 1 aromatic rings. The number of nitrogens with one attached hydrogen (secondary N) is 1. The molecule has 1 unspecified atom stereocenters. The monoisotopic (exact) mass is 228 g/mol. The summed E-state index contributed by atoms with van der Waals surface area (Å²) < 4.78 is 2.03. The number of carbonyl (C=O) groups excluding carboxylic acids is 1. The standard InChI is InChI=1S/C14H16N2O/c1-4-7-13-11(5-2)15-14(17)10(3)12-8-6-9-16(12)13/h4-10H,2H2,1,3H3,(H,15,17)/b7-4-. The molecule has 0 bridgehead atoms. The number of aromatic nitrogens is 1. The molecule has 2 rings (SSSR count). The van der Waals surface area contributed by atoms with Crippen molar-refractivity contribution in [2.45, 2.75) is 19.8 Å². The van der Waals surface area contributed by atoms with Gasteiger partial charge in [-0.2, -0.15) is 0 Å². The van der Waals surface area contributed by atoms with Crippen molar-refractivity contribution in [2.24, 2.45) is 0 Å². The number of amides is 1. The second-order valence-corrected chi connectivity index (χ2v) is 4.02. The minimum Gasteiger partial charge on any atom is -0.324 e. The zero-order valence-corrected chi connectivity index (χ0v) is 10.1. The summed E-state index contributed by atoms with van der Waals surface area (Å²) in [6, 6.07) is 3.93. The fraction of sp³-hybridized carbons (Fsp3) is 0.214. The van der Waals surface area contributed by atoms with E-state index in [9.17, 15) is 4.79 Å². The van der Waals surface area contributed by atoms with E-state index < -0.39 is 0 Å². The van der Waals surface area contributed by atoms with Crippen LogP contribution in [-0.2, 0) is 4.79 Å². The van der Waals surface area contributed by atoms with E-state index in [0.717, 1.165) is 17.1 Å². The lowest BCUT2D eigenvalue weighted by atomic mass is 10.1. The van der Waals surface area contributed by atoms with Crippen LogP contribution < -0.4 is 5.32 Å². The van der Waals surface area contributed by atoms with Crippen LogP contribution in [0, 0.1) is 0 Å². The summed E-state index contributed by atoms with van der Waals surface area (Å²) >= 11 is 0. The first-order valence-corrected chi connectivity index (χ1v) is 5.67. The summed E-state index contributed by atoms with van der Waals surface area (Å²) in [7, 11) is 0. The van der Waals surface area contributed by atoms with E-state index in [1.165, 1.54) is 0 Å². The molecule has 1 N–H and O–H groups in total. The highest BCUT2D eigenvalue weighted by Crippen LogP contribution is 2.26. The summed E-state index contributed by atoms with van der Waals surface area (Å²) in [4.78, 5) is 12.0. The lowest BCUT2D eigenvalue weighted by Crippen LogP contribution is -2.25. The molecule has 0 aliphatic carbocycles. The lowest BCUT2D eigenvalue weighted by molar-refractivity contribution is -0.121. The van der Waals surface area contributed by atoms with E-state index in [1.54, 1.807) is 6.08 Å². The highest BCUT2D eigenvalue weighted by Gasteiger charge is 2.24. The molecule has 1 atom stereocenters. The molecule has 0 spiro atoms. The van der Waals surface area contributed by atoms with Crippen LogP contribution in [0.3, 0.4) is 0 Å². The number of rotatable bonds is 2. The van der Waals surface area contributed by atoms with Gasteiger partial charge in [0.25, 0.3) is 0 Å². The Morgan fingerprint density at radius 2 is 2.29 bits per heavy atom. The molecule has 0 aromatic carbocycles. The Bertz CT molecular complexity index is 520. The van der Waals surface area contributed by atoms with Crippen LogP contribution in [-0.4, -0.2) is 10.5 Å². The van der Waals surface area contributed by atoms with Gasteiger partial charge in [-0.3, -0.25) is 4.79 Å². The smallest absolute Gasteiger partial charge is 0.233 e. The number of carbonyl (C=O) groups is 1. The van der Waals surface area contributed by atoms with Gasteiger partial charge >= 0.3 is 0 Å². The molecule has 88 valence electrons. The van der Waals surface area contributed by atoms with Crippen molar-refractivity contribution >= 4 is 11.6 Å². The Morgan fingerprint density at radius 3 is 2.94 bits per heavy atom. The zero-order valence-electron chi connectivity index (χ0n) is 10.1. The van der Waals surface area contributed by atoms with E-state index in [2.05, 4.69) is 11.9 Å². The van der Waals surface area contributed by atoms with Gasteiger partial charge in [-0.25, -0.2) is 0 Å². The minimum absolute atomic E-state index is 0.000599. The molecule has 17 heavy (non-hydrogen) atoms. The van der Waals surface area contributed by atoms with E-state index in [4.69, 9.17) is 0 Å². The predicted molar refractivity (Wildman–Crippen MR) is 69.2 cm³/mol. The van der Waals surface area contributed by atoms with Gasteiger partial charge in [-0.1, -0.05) is 12.7 Å². The van der Waals surface area contributed by atoms with E-state index in [1.807, 2.05) is 48.9 Å². The number of hydrogen-bond donors (Lipinski definition) is 1.